The molecule has 0 N–H and O–H groups in total. The van der Waals surface area contributed by atoms with Crippen molar-refractivity contribution in [1.82, 2.24) is 20.3 Å². The Morgan fingerprint density at radius 1 is 1.24 bits per heavy atom. The average molecular weight is 344 g/mol. The number of halogens is 1. The average Bonchev–Trinajstić information content (AvgIpc) is 3.02. The van der Waals surface area contributed by atoms with E-state index in [1.54, 1.807) is 13.0 Å². The summed E-state index contributed by atoms with van der Waals surface area (Å²) in [6, 6.07) is 4.47. The Kier molecular flexibility index (Phi) is 4.97. The first-order valence-electron chi connectivity index (χ1n) is 7.99. The highest BCUT2D eigenvalue weighted by molar-refractivity contribution is 5.98. The third-order valence-electron chi connectivity index (χ3n) is 3.64. The summed E-state index contributed by atoms with van der Waals surface area (Å²) in [6.07, 6.45) is 1.62. The molecule has 8 heteroatoms. The third-order valence-corrected chi connectivity index (χ3v) is 3.64. The second kappa shape index (κ2) is 7.33. The molecule has 0 aliphatic rings. The molecular weight excluding hydrogens is 327 g/mol. The van der Waals surface area contributed by atoms with Gasteiger partial charge in [-0.3, -0.25) is 4.79 Å². The first-order chi connectivity index (χ1) is 12.1. The number of benzene rings is 1. The van der Waals surface area contributed by atoms with Crippen molar-refractivity contribution in [1.29, 1.82) is 0 Å². The van der Waals surface area contributed by atoms with Crippen molar-refractivity contribution in [3.05, 3.63) is 40.8 Å². The lowest BCUT2D eigenvalue weighted by atomic mass is 10.0. The standard InChI is InChI=1S/C17H17FN4O3/c1-3-4-7-24-17-13(19-15-16(20-17)22-25-21-15)9-14(23)11-6-5-10(2)8-12(11)18/h5-6,8H,3-4,7,9H2,1-2H3. The Morgan fingerprint density at radius 2 is 2.00 bits per heavy atom. The fourth-order valence-corrected chi connectivity index (χ4v) is 2.29. The predicted octanol–water partition coefficient (Wildman–Crippen LogP) is 3.06. The number of unbranched alkanes of at least 4 members (excludes halogenated alkanes) is 1. The number of aromatic nitrogens is 4. The summed E-state index contributed by atoms with van der Waals surface area (Å²) in [5.74, 6) is -0.781. The van der Waals surface area contributed by atoms with E-state index in [0.29, 0.717) is 6.61 Å². The normalized spacial score (nSPS) is 11.0. The summed E-state index contributed by atoms with van der Waals surface area (Å²) < 4.78 is 24.2. The topological polar surface area (TPSA) is 91.0 Å². The van der Waals surface area contributed by atoms with E-state index in [0.717, 1.165) is 18.4 Å². The number of hydrogen-bond donors (Lipinski definition) is 0. The van der Waals surface area contributed by atoms with E-state index < -0.39 is 11.6 Å². The van der Waals surface area contributed by atoms with Crippen molar-refractivity contribution in [3.63, 3.8) is 0 Å². The molecule has 1 aromatic carbocycles. The Bertz CT molecular complexity index is 910. The number of carbonyl (C=O) groups excluding carboxylic acids is 1. The van der Waals surface area contributed by atoms with Gasteiger partial charge in [-0.2, -0.15) is 4.98 Å². The largest absolute Gasteiger partial charge is 0.476 e. The molecule has 0 bridgehead atoms. The number of Topliss-reactive ketones (excluding diaryl/α,β-unsaturated/α-hetero) is 1. The molecule has 0 saturated carbocycles. The number of rotatable bonds is 7. The van der Waals surface area contributed by atoms with Crippen LogP contribution in [-0.2, 0) is 6.42 Å². The molecule has 0 atom stereocenters. The minimum absolute atomic E-state index is 0.00489. The first kappa shape index (κ1) is 16.9. The van der Waals surface area contributed by atoms with Crippen LogP contribution < -0.4 is 4.74 Å². The van der Waals surface area contributed by atoms with E-state index >= 15 is 0 Å². The van der Waals surface area contributed by atoms with Gasteiger partial charge in [-0.1, -0.05) is 19.4 Å². The second-order valence-corrected chi connectivity index (χ2v) is 5.67. The van der Waals surface area contributed by atoms with Gasteiger partial charge in [0.15, 0.2) is 5.78 Å². The molecule has 2 heterocycles. The fraction of sp³-hybridized carbons (Fsp3) is 0.353. The Morgan fingerprint density at radius 3 is 2.72 bits per heavy atom. The number of ketones is 1. The second-order valence-electron chi connectivity index (χ2n) is 5.67. The van der Waals surface area contributed by atoms with E-state index in [9.17, 15) is 9.18 Å². The number of fused-ring (bicyclic) bond motifs is 1. The van der Waals surface area contributed by atoms with Crippen LogP contribution in [0.1, 0.15) is 41.4 Å². The zero-order valence-corrected chi connectivity index (χ0v) is 14.0. The van der Waals surface area contributed by atoms with E-state index in [-0.39, 0.29) is 34.9 Å². The number of aryl methyl sites for hydroxylation is 1. The lowest BCUT2D eigenvalue weighted by molar-refractivity contribution is 0.0986. The van der Waals surface area contributed by atoms with Gasteiger partial charge in [0, 0.05) is 0 Å². The molecule has 0 saturated heterocycles. The number of ether oxygens (including phenoxy) is 1. The Balaban J connectivity index is 1.90. The highest BCUT2D eigenvalue weighted by atomic mass is 19.1. The van der Waals surface area contributed by atoms with Gasteiger partial charge in [-0.15, -0.1) is 0 Å². The monoisotopic (exact) mass is 344 g/mol. The van der Waals surface area contributed by atoms with Crippen molar-refractivity contribution in [2.75, 3.05) is 6.61 Å². The van der Waals surface area contributed by atoms with Crippen LogP contribution in [0.25, 0.3) is 11.3 Å². The summed E-state index contributed by atoms with van der Waals surface area (Å²) in [7, 11) is 0. The first-order valence-corrected chi connectivity index (χ1v) is 7.99. The van der Waals surface area contributed by atoms with Gasteiger partial charge in [0.1, 0.15) is 11.5 Å². The minimum Gasteiger partial charge on any atom is -0.476 e. The van der Waals surface area contributed by atoms with Crippen molar-refractivity contribution >= 4 is 17.1 Å². The molecule has 25 heavy (non-hydrogen) atoms. The SMILES string of the molecule is CCCCOc1nc2nonc2nc1CC(=O)c1ccc(C)cc1F. The van der Waals surface area contributed by atoms with Crippen LogP contribution >= 0.6 is 0 Å². The van der Waals surface area contributed by atoms with Crippen LogP contribution in [-0.4, -0.2) is 32.7 Å². The summed E-state index contributed by atoms with van der Waals surface area (Å²) >= 11 is 0. The predicted molar refractivity (Wildman–Crippen MR) is 87.0 cm³/mol. The maximum atomic E-state index is 14.0. The highest BCUT2D eigenvalue weighted by Crippen LogP contribution is 2.20. The van der Waals surface area contributed by atoms with Crippen molar-refractivity contribution in [2.45, 2.75) is 33.1 Å². The van der Waals surface area contributed by atoms with Crippen LogP contribution in [0.3, 0.4) is 0 Å². The molecule has 0 amide bonds. The molecule has 2 aromatic heterocycles. The maximum Gasteiger partial charge on any atom is 0.246 e. The van der Waals surface area contributed by atoms with Gasteiger partial charge in [0.05, 0.1) is 18.6 Å². The Hall–Kier alpha value is -2.90. The fourth-order valence-electron chi connectivity index (χ4n) is 2.29. The molecule has 7 nitrogen and oxygen atoms in total. The molecule has 0 fully saturated rings. The van der Waals surface area contributed by atoms with E-state index in [2.05, 4.69) is 24.9 Å². The van der Waals surface area contributed by atoms with Crippen LogP contribution in [0.15, 0.2) is 22.8 Å². The lowest BCUT2D eigenvalue weighted by Crippen LogP contribution is -2.11. The Labute approximate surface area is 143 Å². The quantitative estimate of drug-likeness (QED) is 0.480. The van der Waals surface area contributed by atoms with Crippen LogP contribution in [0.2, 0.25) is 0 Å². The van der Waals surface area contributed by atoms with Gasteiger partial charge in [0.25, 0.3) is 0 Å². The van der Waals surface area contributed by atoms with Gasteiger partial charge in [-0.05, 0) is 41.4 Å². The van der Waals surface area contributed by atoms with Gasteiger partial charge < -0.3 is 4.74 Å². The maximum absolute atomic E-state index is 14.0. The molecule has 130 valence electrons. The van der Waals surface area contributed by atoms with E-state index in [1.807, 2.05) is 6.92 Å². The summed E-state index contributed by atoms with van der Waals surface area (Å²) in [5.41, 5.74) is 1.40. The van der Waals surface area contributed by atoms with E-state index in [1.165, 1.54) is 12.1 Å². The summed E-state index contributed by atoms with van der Waals surface area (Å²) in [6.45, 7) is 4.22. The molecule has 0 aliphatic heterocycles. The van der Waals surface area contributed by atoms with Crippen molar-refractivity contribution in [3.8, 4) is 5.88 Å². The van der Waals surface area contributed by atoms with Crippen LogP contribution in [0.5, 0.6) is 5.88 Å². The molecule has 0 aliphatic carbocycles. The van der Waals surface area contributed by atoms with Gasteiger partial charge in [-0.25, -0.2) is 14.0 Å². The molecule has 0 radical (unpaired) electrons. The van der Waals surface area contributed by atoms with Crippen molar-refractivity contribution < 1.29 is 18.6 Å². The number of nitrogens with zero attached hydrogens (tertiary/aromatic N) is 4. The lowest BCUT2D eigenvalue weighted by Gasteiger charge is -2.09. The number of carbonyl (C=O) groups is 1. The van der Waals surface area contributed by atoms with Crippen LogP contribution in [0.4, 0.5) is 4.39 Å². The minimum atomic E-state index is -0.560. The smallest absolute Gasteiger partial charge is 0.246 e. The zero-order valence-electron chi connectivity index (χ0n) is 14.0. The molecule has 0 spiro atoms. The zero-order chi connectivity index (χ0) is 17.8. The highest BCUT2D eigenvalue weighted by Gasteiger charge is 2.19. The van der Waals surface area contributed by atoms with Crippen molar-refractivity contribution in [2.24, 2.45) is 0 Å². The summed E-state index contributed by atoms with van der Waals surface area (Å²) in [5, 5.41) is 7.25. The third kappa shape index (κ3) is 3.78. The molecule has 0 unspecified atom stereocenters. The number of hydrogen-bond acceptors (Lipinski definition) is 7. The van der Waals surface area contributed by atoms with Gasteiger partial charge >= 0.3 is 0 Å². The van der Waals surface area contributed by atoms with Gasteiger partial charge in [0.2, 0.25) is 17.2 Å². The van der Waals surface area contributed by atoms with Crippen LogP contribution in [0, 0.1) is 12.7 Å². The van der Waals surface area contributed by atoms with E-state index in [4.69, 9.17) is 4.74 Å². The summed E-state index contributed by atoms with van der Waals surface area (Å²) in [4.78, 5) is 20.9. The molecule has 3 aromatic rings. The molecule has 3 rings (SSSR count). The molecular formula is C17H17FN4O3.